The molecule has 0 aliphatic rings. The van der Waals surface area contributed by atoms with Crippen molar-refractivity contribution < 1.29 is 58.5 Å². The fraction of sp³-hybridized carbons (Fsp3) is 0.400. The van der Waals surface area contributed by atoms with E-state index in [4.69, 9.17) is 0 Å². The first-order valence-corrected chi connectivity index (χ1v) is 6.82. The number of hydrogen-bond acceptors (Lipinski definition) is 12. The van der Waals surface area contributed by atoms with E-state index in [1.54, 1.807) is 0 Å². The fourth-order valence-electron chi connectivity index (χ4n) is 0.895. The summed E-state index contributed by atoms with van der Waals surface area (Å²) in [5.74, 6) is -10.3. The molecule has 0 aliphatic heterocycles. The third-order valence-corrected chi connectivity index (χ3v) is 1.91. The number of carboxylic acid groups (broad SMARTS) is 3. The molecule has 12 nitrogen and oxygen atoms in total. The number of carbonyl (C=O) groups is 9. The summed E-state index contributed by atoms with van der Waals surface area (Å²) in [7, 11) is 0. The SMILES string of the molecule is CC(=O)CC(=O)C(=O)[O-].CC(=O)CC(=O)C(=O)[O-].CC(=O)CC(=O)C(=O)[O-].[Al+3]. The van der Waals surface area contributed by atoms with E-state index in [2.05, 4.69) is 0 Å². The van der Waals surface area contributed by atoms with Crippen LogP contribution in [0, 0.1) is 0 Å². The van der Waals surface area contributed by atoms with Gasteiger partial charge in [-0.25, -0.2) is 0 Å². The molecule has 0 fully saturated rings. The van der Waals surface area contributed by atoms with Crippen LogP contribution in [0.5, 0.6) is 0 Å². The average Bonchev–Trinajstić information content (AvgIpc) is 2.46. The van der Waals surface area contributed by atoms with Crippen molar-refractivity contribution in [3.63, 3.8) is 0 Å². The van der Waals surface area contributed by atoms with Crippen LogP contribution in [0.3, 0.4) is 0 Å². The van der Waals surface area contributed by atoms with Crippen LogP contribution in [0.4, 0.5) is 0 Å². The van der Waals surface area contributed by atoms with Crippen LogP contribution in [0.15, 0.2) is 0 Å². The van der Waals surface area contributed by atoms with Gasteiger partial charge in [0.15, 0.2) is 17.3 Å². The Labute approximate surface area is 169 Å². The second-order valence-corrected chi connectivity index (χ2v) is 4.77. The van der Waals surface area contributed by atoms with E-state index in [-0.39, 0.29) is 17.4 Å². The molecule has 0 aromatic rings. The molecule has 0 N–H and O–H groups in total. The van der Waals surface area contributed by atoms with Crippen LogP contribution >= 0.6 is 0 Å². The summed E-state index contributed by atoms with van der Waals surface area (Å²) in [6.45, 7) is 3.42. The van der Waals surface area contributed by atoms with Crippen LogP contribution in [0.25, 0.3) is 0 Å². The van der Waals surface area contributed by atoms with Gasteiger partial charge in [0.25, 0.3) is 0 Å². The fourth-order valence-corrected chi connectivity index (χ4v) is 0.895. The molecule has 150 valence electrons. The Kier molecular flexibility index (Phi) is 20.2. The maximum atomic E-state index is 10.1. The first-order chi connectivity index (χ1) is 12.1. The summed E-state index contributed by atoms with van der Waals surface area (Å²) >= 11 is 0. The number of carbonyl (C=O) groups excluding carboxylic acids is 9. The van der Waals surface area contributed by atoms with E-state index < -0.39 is 71.9 Å². The number of Topliss-reactive ketones (excluding diaryl/α,β-unsaturated/α-hetero) is 6. The summed E-state index contributed by atoms with van der Waals surface area (Å²) in [5, 5.41) is 28.9. The van der Waals surface area contributed by atoms with Gasteiger partial charge >= 0.3 is 17.4 Å². The number of aliphatic carboxylic acids is 3. The maximum Gasteiger partial charge on any atom is 3.00 e. The molecule has 0 unspecified atom stereocenters. The molecule has 0 heterocycles. The summed E-state index contributed by atoms with van der Waals surface area (Å²) in [4.78, 5) is 89.2. The molecular formula is C15H15AlO12. The molecular weight excluding hydrogens is 399 g/mol. The van der Waals surface area contributed by atoms with Crippen LogP contribution in [-0.2, 0) is 43.2 Å². The molecule has 0 aromatic heterocycles. The first-order valence-electron chi connectivity index (χ1n) is 6.82. The van der Waals surface area contributed by atoms with Gasteiger partial charge in [0.2, 0.25) is 0 Å². The Balaban J connectivity index is -0.000000152. The standard InChI is InChI=1S/3C5H6O4.Al/c3*1-3(6)2-4(7)5(8)9;/h3*2H2,1H3,(H,8,9);/q;;;+3/p-3. The van der Waals surface area contributed by atoms with Crippen LogP contribution in [0.2, 0.25) is 0 Å². The van der Waals surface area contributed by atoms with E-state index in [0.29, 0.717) is 0 Å². The van der Waals surface area contributed by atoms with Crippen LogP contribution in [-0.4, -0.2) is 70.0 Å². The predicted octanol–water partition coefficient (Wildman–Crippen LogP) is -5.53. The summed E-state index contributed by atoms with van der Waals surface area (Å²) in [5.41, 5.74) is 0. The van der Waals surface area contributed by atoms with Crippen molar-refractivity contribution in [3.8, 4) is 0 Å². The number of carboxylic acids is 3. The Bertz CT molecular complexity index is 572. The van der Waals surface area contributed by atoms with Crippen LogP contribution < -0.4 is 15.3 Å². The molecule has 0 radical (unpaired) electrons. The van der Waals surface area contributed by atoms with Gasteiger partial charge in [0, 0.05) is 0 Å². The number of rotatable bonds is 9. The van der Waals surface area contributed by atoms with E-state index in [9.17, 15) is 58.5 Å². The van der Waals surface area contributed by atoms with Gasteiger partial charge in [-0.2, -0.15) is 0 Å². The van der Waals surface area contributed by atoms with Crippen molar-refractivity contribution in [2.45, 2.75) is 40.0 Å². The molecule has 0 spiro atoms. The smallest absolute Gasteiger partial charge is 0.542 e. The molecule has 0 bridgehead atoms. The monoisotopic (exact) mass is 414 g/mol. The van der Waals surface area contributed by atoms with Gasteiger partial charge in [0.05, 0.1) is 19.3 Å². The Morgan fingerprint density at radius 3 is 0.643 bits per heavy atom. The molecule has 0 saturated carbocycles. The molecule has 28 heavy (non-hydrogen) atoms. The third kappa shape index (κ3) is 25.2. The number of hydrogen-bond donors (Lipinski definition) is 0. The van der Waals surface area contributed by atoms with E-state index in [1.807, 2.05) is 0 Å². The quantitative estimate of drug-likeness (QED) is 0.196. The van der Waals surface area contributed by atoms with Gasteiger partial charge in [-0.1, -0.05) is 0 Å². The Hall–Kier alpha value is -3.04. The largest absolute Gasteiger partial charge is 3.00 e. The normalized spacial score (nSPS) is 8.25. The zero-order chi connectivity index (χ0) is 22.3. The number of ketones is 6. The van der Waals surface area contributed by atoms with Gasteiger partial charge < -0.3 is 29.7 Å². The summed E-state index contributed by atoms with van der Waals surface area (Å²) < 4.78 is 0. The van der Waals surface area contributed by atoms with Crippen LogP contribution in [0.1, 0.15) is 40.0 Å². The molecule has 0 atom stereocenters. The summed E-state index contributed by atoms with van der Waals surface area (Å²) in [6, 6.07) is 0. The zero-order valence-corrected chi connectivity index (χ0v) is 16.3. The van der Waals surface area contributed by atoms with Crippen molar-refractivity contribution in [3.05, 3.63) is 0 Å². The molecule has 13 heteroatoms. The molecule has 0 saturated heterocycles. The van der Waals surface area contributed by atoms with Gasteiger partial charge in [-0.3, -0.25) is 28.8 Å². The van der Waals surface area contributed by atoms with Gasteiger partial charge in [-0.05, 0) is 20.8 Å². The van der Waals surface area contributed by atoms with E-state index in [1.165, 1.54) is 0 Å². The van der Waals surface area contributed by atoms with Crippen molar-refractivity contribution in [1.82, 2.24) is 0 Å². The molecule has 0 amide bonds. The summed E-state index contributed by atoms with van der Waals surface area (Å²) in [6.07, 6.45) is -1.70. The van der Waals surface area contributed by atoms with Crippen molar-refractivity contribution in [1.29, 1.82) is 0 Å². The minimum atomic E-state index is -1.80. The van der Waals surface area contributed by atoms with E-state index >= 15 is 0 Å². The zero-order valence-electron chi connectivity index (χ0n) is 15.1. The first kappa shape index (κ1) is 32.6. The third-order valence-electron chi connectivity index (χ3n) is 1.91. The predicted molar refractivity (Wildman–Crippen MR) is 81.7 cm³/mol. The van der Waals surface area contributed by atoms with Gasteiger partial charge in [-0.15, -0.1) is 0 Å². The average molecular weight is 414 g/mol. The molecule has 0 aromatic carbocycles. The minimum absolute atomic E-state index is 0. The van der Waals surface area contributed by atoms with Crippen molar-refractivity contribution >= 4 is 70.0 Å². The molecule has 0 aliphatic carbocycles. The second kappa shape index (κ2) is 17.4. The second-order valence-electron chi connectivity index (χ2n) is 4.77. The van der Waals surface area contributed by atoms with Gasteiger partial charge in [0.1, 0.15) is 35.3 Å². The van der Waals surface area contributed by atoms with Crippen molar-refractivity contribution in [2.24, 2.45) is 0 Å². The minimum Gasteiger partial charge on any atom is -0.542 e. The van der Waals surface area contributed by atoms with E-state index in [0.717, 1.165) is 20.8 Å². The maximum absolute atomic E-state index is 10.1. The Morgan fingerprint density at radius 2 is 0.607 bits per heavy atom. The topological polar surface area (TPSA) is 223 Å². The Morgan fingerprint density at radius 1 is 0.464 bits per heavy atom. The van der Waals surface area contributed by atoms with Crippen molar-refractivity contribution in [2.75, 3.05) is 0 Å². The molecule has 0 rings (SSSR count).